The number of rotatable bonds is 5. The molecule has 162 valence electrons. The maximum atomic E-state index is 12.8. The highest BCUT2D eigenvalue weighted by molar-refractivity contribution is 8.04. The lowest BCUT2D eigenvalue weighted by molar-refractivity contribution is -0.127. The first-order chi connectivity index (χ1) is 14.5. The quantitative estimate of drug-likeness (QED) is 0.708. The third-order valence-electron chi connectivity index (χ3n) is 6.77. The van der Waals surface area contributed by atoms with E-state index in [-0.39, 0.29) is 23.8 Å². The summed E-state index contributed by atoms with van der Waals surface area (Å²) in [6.45, 7) is 7.20. The third kappa shape index (κ3) is 4.92. The fourth-order valence-corrected chi connectivity index (χ4v) is 6.24. The van der Waals surface area contributed by atoms with Gasteiger partial charge in [-0.15, -0.1) is 11.8 Å². The number of thioether (sulfide) groups is 1. The lowest BCUT2D eigenvalue weighted by atomic mass is 9.84. The summed E-state index contributed by atoms with van der Waals surface area (Å²) in [4.78, 5) is 28.7. The molecule has 2 saturated heterocycles. The number of benzene rings is 1. The highest BCUT2D eigenvalue weighted by Crippen LogP contribution is 2.40. The maximum Gasteiger partial charge on any atom is 0.257 e. The Morgan fingerprint density at radius 1 is 1.27 bits per heavy atom. The van der Waals surface area contributed by atoms with E-state index in [1.165, 1.54) is 18.4 Å². The molecule has 2 amide bonds. The summed E-state index contributed by atoms with van der Waals surface area (Å²) in [7, 11) is 0. The van der Waals surface area contributed by atoms with E-state index in [1.54, 1.807) is 11.8 Å². The van der Waals surface area contributed by atoms with Crippen LogP contribution < -0.4 is 10.6 Å². The van der Waals surface area contributed by atoms with Crippen molar-refractivity contribution in [2.75, 3.05) is 19.6 Å². The van der Waals surface area contributed by atoms with Crippen molar-refractivity contribution in [2.24, 2.45) is 5.92 Å². The standard InChI is InChI=1S/C24H33N3O2S/c1-3-27-12-4-5-19(27)15-25-23(28)18-10-11-21-20(14-18)26-24(29)22(30-21)13-17-8-6-16(2)7-9-17/h6-9,13,18-21H,3-5,10-12,14-15H2,1-2H3,(H,25,28)(H,26,29)/b22-13+. The predicted molar refractivity (Wildman–Crippen MR) is 123 cm³/mol. The highest BCUT2D eigenvalue weighted by Gasteiger charge is 2.39. The van der Waals surface area contributed by atoms with Gasteiger partial charge in [-0.25, -0.2) is 0 Å². The van der Waals surface area contributed by atoms with E-state index >= 15 is 0 Å². The Morgan fingerprint density at radius 2 is 2.07 bits per heavy atom. The van der Waals surface area contributed by atoms with Crippen molar-refractivity contribution in [3.05, 3.63) is 40.3 Å². The summed E-state index contributed by atoms with van der Waals surface area (Å²) in [5.41, 5.74) is 2.27. The molecule has 4 rings (SSSR count). The lowest BCUT2D eigenvalue weighted by Crippen LogP contribution is -2.52. The zero-order valence-corrected chi connectivity index (χ0v) is 18.8. The van der Waals surface area contributed by atoms with E-state index in [0.717, 1.165) is 49.4 Å². The van der Waals surface area contributed by atoms with E-state index in [0.29, 0.717) is 11.3 Å². The van der Waals surface area contributed by atoms with Gasteiger partial charge in [0.25, 0.3) is 5.91 Å². The SMILES string of the molecule is CCN1CCCC1CNC(=O)C1CCC2S/C(=C/c3ccc(C)cc3)C(=O)NC2C1. The zero-order valence-electron chi connectivity index (χ0n) is 18.0. The van der Waals surface area contributed by atoms with Gasteiger partial charge < -0.3 is 10.6 Å². The Kier molecular flexibility index (Phi) is 6.84. The molecule has 3 fully saturated rings. The van der Waals surface area contributed by atoms with E-state index in [1.807, 2.05) is 18.2 Å². The van der Waals surface area contributed by atoms with E-state index < -0.39 is 0 Å². The van der Waals surface area contributed by atoms with Crippen molar-refractivity contribution in [3.8, 4) is 0 Å². The van der Waals surface area contributed by atoms with Crippen LogP contribution >= 0.6 is 11.8 Å². The lowest BCUT2D eigenvalue weighted by Gasteiger charge is -2.39. The first-order valence-corrected chi connectivity index (χ1v) is 12.2. The van der Waals surface area contributed by atoms with Gasteiger partial charge in [0.2, 0.25) is 5.91 Å². The van der Waals surface area contributed by atoms with Crippen molar-refractivity contribution >= 4 is 29.7 Å². The van der Waals surface area contributed by atoms with Gasteiger partial charge in [0.1, 0.15) is 0 Å². The average molecular weight is 428 g/mol. The molecule has 2 heterocycles. The summed E-state index contributed by atoms with van der Waals surface area (Å²) >= 11 is 1.68. The number of carbonyl (C=O) groups is 2. The van der Waals surface area contributed by atoms with Crippen molar-refractivity contribution in [2.45, 2.75) is 63.3 Å². The van der Waals surface area contributed by atoms with Gasteiger partial charge in [0, 0.05) is 29.8 Å². The fraction of sp³-hybridized carbons (Fsp3) is 0.583. The van der Waals surface area contributed by atoms with Gasteiger partial charge in [0.05, 0.1) is 4.91 Å². The molecule has 1 aromatic carbocycles. The van der Waals surface area contributed by atoms with Gasteiger partial charge in [-0.05, 0) is 63.8 Å². The summed E-state index contributed by atoms with van der Waals surface area (Å²) < 4.78 is 0. The number of fused-ring (bicyclic) bond motifs is 1. The Bertz CT molecular complexity index is 807. The molecule has 1 saturated carbocycles. The first-order valence-electron chi connectivity index (χ1n) is 11.3. The van der Waals surface area contributed by atoms with Crippen molar-refractivity contribution in [1.29, 1.82) is 0 Å². The van der Waals surface area contributed by atoms with Crippen LogP contribution in [0.2, 0.25) is 0 Å². The Labute approximate surface area is 184 Å². The monoisotopic (exact) mass is 427 g/mol. The molecule has 0 spiro atoms. The number of hydrogen-bond acceptors (Lipinski definition) is 4. The number of nitrogens with zero attached hydrogens (tertiary/aromatic N) is 1. The summed E-state index contributed by atoms with van der Waals surface area (Å²) in [6.07, 6.45) is 6.99. The minimum absolute atomic E-state index is 0.00579. The molecule has 30 heavy (non-hydrogen) atoms. The molecular formula is C24H33N3O2S. The second kappa shape index (κ2) is 9.56. The van der Waals surface area contributed by atoms with Crippen LogP contribution in [0, 0.1) is 12.8 Å². The minimum Gasteiger partial charge on any atom is -0.354 e. The molecule has 0 radical (unpaired) electrons. The van der Waals surface area contributed by atoms with Crippen LogP contribution in [0.4, 0.5) is 0 Å². The summed E-state index contributed by atoms with van der Waals surface area (Å²) in [5, 5.41) is 6.74. The molecular weight excluding hydrogens is 394 g/mol. The Hall–Kier alpha value is -1.79. The van der Waals surface area contributed by atoms with Crippen LogP contribution in [0.5, 0.6) is 0 Å². The van der Waals surface area contributed by atoms with Crippen LogP contribution in [0.1, 0.15) is 50.2 Å². The normalized spacial score (nSPS) is 30.7. The van der Waals surface area contributed by atoms with Crippen LogP contribution in [-0.4, -0.2) is 53.7 Å². The second-order valence-electron chi connectivity index (χ2n) is 8.84. The van der Waals surface area contributed by atoms with Crippen LogP contribution in [0.15, 0.2) is 29.2 Å². The van der Waals surface area contributed by atoms with Gasteiger partial charge in [-0.1, -0.05) is 36.8 Å². The molecule has 2 aliphatic heterocycles. The number of amides is 2. The molecule has 5 nitrogen and oxygen atoms in total. The minimum atomic E-state index is -0.00701. The molecule has 1 aromatic rings. The average Bonchev–Trinajstić information content (AvgIpc) is 3.21. The van der Waals surface area contributed by atoms with E-state index in [4.69, 9.17) is 0 Å². The topological polar surface area (TPSA) is 61.4 Å². The number of nitrogens with one attached hydrogen (secondary N) is 2. The van der Waals surface area contributed by atoms with E-state index in [2.05, 4.69) is 41.5 Å². The maximum absolute atomic E-state index is 12.8. The van der Waals surface area contributed by atoms with E-state index in [9.17, 15) is 9.59 Å². The molecule has 2 N–H and O–H groups in total. The molecule has 6 heteroatoms. The van der Waals surface area contributed by atoms with Crippen LogP contribution in [0.3, 0.4) is 0 Å². The third-order valence-corrected chi connectivity index (χ3v) is 8.19. The number of hydrogen-bond donors (Lipinski definition) is 2. The molecule has 4 atom stereocenters. The van der Waals surface area contributed by atoms with Crippen LogP contribution in [0.25, 0.3) is 6.08 Å². The summed E-state index contributed by atoms with van der Waals surface area (Å²) in [6, 6.07) is 8.79. The molecule has 4 unspecified atom stereocenters. The van der Waals surface area contributed by atoms with Gasteiger partial charge in [0.15, 0.2) is 0 Å². The molecule has 0 aromatic heterocycles. The van der Waals surface area contributed by atoms with Crippen molar-refractivity contribution in [1.82, 2.24) is 15.5 Å². The number of likely N-dealkylation sites (N-methyl/N-ethyl adjacent to an activating group) is 1. The zero-order chi connectivity index (χ0) is 21.1. The molecule has 1 aliphatic carbocycles. The number of carbonyl (C=O) groups excluding carboxylic acids is 2. The highest BCUT2D eigenvalue weighted by atomic mass is 32.2. The molecule has 3 aliphatic rings. The smallest absolute Gasteiger partial charge is 0.257 e. The number of aryl methyl sites for hydroxylation is 1. The largest absolute Gasteiger partial charge is 0.354 e. The van der Waals surface area contributed by atoms with Gasteiger partial charge >= 0.3 is 0 Å². The van der Waals surface area contributed by atoms with Gasteiger partial charge in [-0.2, -0.15) is 0 Å². The Balaban J connectivity index is 1.31. The number of likely N-dealkylation sites (tertiary alicyclic amines) is 1. The fourth-order valence-electron chi connectivity index (χ4n) is 4.95. The van der Waals surface area contributed by atoms with Crippen LogP contribution in [-0.2, 0) is 9.59 Å². The first kappa shape index (κ1) is 21.4. The predicted octanol–water partition coefficient (Wildman–Crippen LogP) is 3.34. The Morgan fingerprint density at radius 3 is 2.83 bits per heavy atom. The summed E-state index contributed by atoms with van der Waals surface area (Å²) in [5.74, 6) is 0.162. The molecule has 0 bridgehead atoms. The van der Waals surface area contributed by atoms with Gasteiger partial charge in [-0.3, -0.25) is 14.5 Å². The van der Waals surface area contributed by atoms with Crippen molar-refractivity contribution in [3.63, 3.8) is 0 Å². The second-order valence-corrected chi connectivity index (χ2v) is 10.1. The van der Waals surface area contributed by atoms with Crippen molar-refractivity contribution < 1.29 is 9.59 Å².